The lowest BCUT2D eigenvalue weighted by atomic mass is 10.1. The van der Waals surface area contributed by atoms with E-state index in [2.05, 4.69) is 31.7 Å². The molecule has 0 aliphatic carbocycles. The van der Waals surface area contributed by atoms with Gasteiger partial charge in [-0.3, -0.25) is 4.79 Å². The number of pyridine rings is 1. The Bertz CT molecular complexity index is 682. The highest BCUT2D eigenvalue weighted by atomic mass is 79.9. The maximum Gasteiger partial charge on any atom is 0.258 e. The van der Waals surface area contributed by atoms with Crippen LogP contribution in [0.15, 0.2) is 28.9 Å². The summed E-state index contributed by atoms with van der Waals surface area (Å²) in [6.45, 7) is 3.83. The van der Waals surface area contributed by atoms with Gasteiger partial charge in [-0.05, 0) is 43.2 Å². The lowest BCUT2D eigenvalue weighted by Gasteiger charge is -2.11. The fraction of sp³-hybridized carbons (Fsp3) is 0.143. The average Bonchev–Trinajstić information content (AvgIpc) is 2.44. The third-order valence-corrected chi connectivity index (χ3v) is 4.22. The van der Waals surface area contributed by atoms with Crippen LogP contribution in [-0.4, -0.2) is 10.9 Å². The Hall–Kier alpha value is -1.99. The van der Waals surface area contributed by atoms with Gasteiger partial charge in [0.1, 0.15) is 0 Å². The third kappa shape index (κ3) is 3.20. The lowest BCUT2D eigenvalue weighted by molar-refractivity contribution is 0.102. The van der Waals surface area contributed by atoms with Crippen molar-refractivity contribution in [3.05, 3.63) is 51.4 Å². The molecule has 0 radical (unpaired) electrons. The molecule has 1 aromatic carbocycles. The number of nitrogen functional groups attached to an aromatic ring is 1. The molecule has 110 valence electrons. The minimum absolute atomic E-state index is 0.129. The standard InChI is InChI=1S/C14H14BrFN4O/c1-7-5-9(6-8(2)11(7)15)19-14(21)10-3-4-18-13(20-17)12(10)16/h3-6H,17H2,1-2H3,(H,18,20)(H,19,21). The summed E-state index contributed by atoms with van der Waals surface area (Å²) < 4.78 is 15.0. The van der Waals surface area contributed by atoms with Crippen LogP contribution in [0.3, 0.4) is 0 Å². The van der Waals surface area contributed by atoms with Crippen LogP contribution in [0.25, 0.3) is 0 Å². The molecule has 0 saturated carbocycles. The first-order chi connectivity index (χ1) is 9.93. The maximum absolute atomic E-state index is 14.0. The van der Waals surface area contributed by atoms with Crippen molar-refractivity contribution in [2.75, 3.05) is 10.7 Å². The fourth-order valence-electron chi connectivity index (χ4n) is 1.94. The summed E-state index contributed by atoms with van der Waals surface area (Å²) in [5.74, 6) is 3.61. The van der Waals surface area contributed by atoms with E-state index in [1.807, 2.05) is 13.8 Å². The van der Waals surface area contributed by atoms with Crippen LogP contribution in [0.1, 0.15) is 21.5 Å². The molecule has 0 aliphatic rings. The Kier molecular flexibility index (Phi) is 4.54. The molecule has 0 aliphatic heterocycles. The third-order valence-electron chi connectivity index (χ3n) is 2.96. The van der Waals surface area contributed by atoms with Crippen molar-refractivity contribution in [2.24, 2.45) is 5.84 Å². The highest BCUT2D eigenvalue weighted by molar-refractivity contribution is 9.10. The predicted molar refractivity (Wildman–Crippen MR) is 83.6 cm³/mol. The van der Waals surface area contributed by atoms with E-state index in [1.54, 1.807) is 12.1 Å². The molecule has 7 heteroatoms. The molecule has 1 heterocycles. The Balaban J connectivity index is 2.30. The molecule has 4 N–H and O–H groups in total. The first-order valence-electron chi connectivity index (χ1n) is 6.13. The van der Waals surface area contributed by atoms with Gasteiger partial charge in [0.05, 0.1) is 5.56 Å². The normalized spacial score (nSPS) is 10.3. The van der Waals surface area contributed by atoms with Crippen molar-refractivity contribution < 1.29 is 9.18 Å². The average molecular weight is 353 g/mol. The molecule has 0 bridgehead atoms. The second kappa shape index (κ2) is 6.19. The number of nitrogens with zero attached hydrogens (tertiary/aromatic N) is 1. The predicted octanol–water partition coefficient (Wildman–Crippen LogP) is 3.14. The van der Waals surface area contributed by atoms with E-state index in [0.717, 1.165) is 15.6 Å². The molecule has 1 amide bonds. The zero-order valence-corrected chi connectivity index (χ0v) is 13.1. The van der Waals surface area contributed by atoms with Crippen LogP contribution in [-0.2, 0) is 0 Å². The number of benzene rings is 1. The molecule has 2 rings (SSSR count). The van der Waals surface area contributed by atoms with Crippen molar-refractivity contribution in [3.8, 4) is 0 Å². The van der Waals surface area contributed by atoms with Gasteiger partial charge in [0, 0.05) is 16.4 Å². The largest absolute Gasteiger partial charge is 0.322 e. The molecule has 21 heavy (non-hydrogen) atoms. The van der Waals surface area contributed by atoms with Gasteiger partial charge in [-0.15, -0.1) is 0 Å². The summed E-state index contributed by atoms with van der Waals surface area (Å²) in [5.41, 5.74) is 4.53. The van der Waals surface area contributed by atoms with Gasteiger partial charge in [0.15, 0.2) is 11.6 Å². The van der Waals surface area contributed by atoms with Crippen LogP contribution >= 0.6 is 15.9 Å². The van der Waals surface area contributed by atoms with Gasteiger partial charge in [-0.1, -0.05) is 15.9 Å². The smallest absolute Gasteiger partial charge is 0.258 e. The van der Waals surface area contributed by atoms with E-state index < -0.39 is 11.7 Å². The Morgan fingerprint density at radius 2 is 1.95 bits per heavy atom. The van der Waals surface area contributed by atoms with Gasteiger partial charge in [0.25, 0.3) is 5.91 Å². The monoisotopic (exact) mass is 352 g/mol. The number of nitrogens with two attached hydrogens (primary N) is 1. The summed E-state index contributed by atoms with van der Waals surface area (Å²) in [4.78, 5) is 15.8. The second-order valence-electron chi connectivity index (χ2n) is 4.54. The zero-order chi connectivity index (χ0) is 15.6. The lowest BCUT2D eigenvalue weighted by Crippen LogP contribution is -2.17. The van der Waals surface area contributed by atoms with Crippen molar-refractivity contribution in [1.82, 2.24) is 4.98 Å². The number of aryl methyl sites for hydroxylation is 2. The van der Waals surface area contributed by atoms with Gasteiger partial charge < -0.3 is 10.7 Å². The minimum atomic E-state index is -0.789. The second-order valence-corrected chi connectivity index (χ2v) is 5.34. The summed E-state index contributed by atoms with van der Waals surface area (Å²) in [5, 5.41) is 2.66. The van der Waals surface area contributed by atoms with E-state index in [0.29, 0.717) is 5.69 Å². The van der Waals surface area contributed by atoms with Crippen LogP contribution < -0.4 is 16.6 Å². The molecule has 0 unspecified atom stereocenters. The number of anilines is 2. The molecule has 0 fully saturated rings. The van der Waals surface area contributed by atoms with Crippen molar-refractivity contribution in [1.29, 1.82) is 0 Å². The van der Waals surface area contributed by atoms with E-state index in [-0.39, 0.29) is 11.4 Å². The van der Waals surface area contributed by atoms with E-state index in [9.17, 15) is 9.18 Å². The van der Waals surface area contributed by atoms with Gasteiger partial charge in [0.2, 0.25) is 0 Å². The number of halogens is 2. The van der Waals surface area contributed by atoms with Gasteiger partial charge in [-0.25, -0.2) is 15.2 Å². The molecular formula is C14H14BrFN4O. The fourth-order valence-corrected chi connectivity index (χ4v) is 2.17. The number of hydrogen-bond acceptors (Lipinski definition) is 4. The Labute approximate surface area is 129 Å². The summed E-state index contributed by atoms with van der Waals surface area (Å²) in [6, 6.07) is 4.90. The number of nitrogens with one attached hydrogen (secondary N) is 2. The van der Waals surface area contributed by atoms with Crippen molar-refractivity contribution >= 4 is 33.3 Å². The Morgan fingerprint density at radius 3 is 2.52 bits per heavy atom. The highest BCUT2D eigenvalue weighted by Gasteiger charge is 2.16. The molecule has 0 atom stereocenters. The zero-order valence-electron chi connectivity index (χ0n) is 11.5. The SMILES string of the molecule is Cc1cc(NC(=O)c2ccnc(NN)c2F)cc(C)c1Br. The van der Waals surface area contributed by atoms with Crippen molar-refractivity contribution in [3.63, 3.8) is 0 Å². The summed E-state index contributed by atoms with van der Waals surface area (Å²) >= 11 is 3.45. The highest BCUT2D eigenvalue weighted by Crippen LogP contribution is 2.25. The minimum Gasteiger partial charge on any atom is -0.322 e. The maximum atomic E-state index is 14.0. The number of hydrazine groups is 1. The molecule has 0 saturated heterocycles. The Morgan fingerprint density at radius 1 is 1.33 bits per heavy atom. The number of aromatic nitrogens is 1. The van der Waals surface area contributed by atoms with Gasteiger partial charge >= 0.3 is 0 Å². The van der Waals surface area contributed by atoms with E-state index in [4.69, 9.17) is 5.84 Å². The van der Waals surface area contributed by atoms with Crippen LogP contribution in [0, 0.1) is 19.7 Å². The van der Waals surface area contributed by atoms with Crippen molar-refractivity contribution in [2.45, 2.75) is 13.8 Å². The van der Waals surface area contributed by atoms with Crippen LogP contribution in [0.5, 0.6) is 0 Å². The molecular weight excluding hydrogens is 339 g/mol. The summed E-state index contributed by atoms with van der Waals surface area (Å²) in [6.07, 6.45) is 1.31. The first kappa shape index (κ1) is 15.4. The number of amides is 1. The number of carbonyl (C=O) groups excluding carboxylic acids is 1. The molecule has 5 nitrogen and oxygen atoms in total. The van der Waals surface area contributed by atoms with Crippen LogP contribution in [0.2, 0.25) is 0 Å². The molecule has 0 spiro atoms. The number of hydrogen-bond donors (Lipinski definition) is 3. The summed E-state index contributed by atoms with van der Waals surface area (Å²) in [7, 11) is 0. The number of rotatable bonds is 3. The van der Waals surface area contributed by atoms with E-state index >= 15 is 0 Å². The van der Waals surface area contributed by atoms with Crippen LogP contribution in [0.4, 0.5) is 15.9 Å². The first-order valence-corrected chi connectivity index (χ1v) is 6.92. The molecule has 2 aromatic rings. The molecule has 1 aromatic heterocycles. The quantitative estimate of drug-likeness (QED) is 0.585. The number of carbonyl (C=O) groups is 1. The van der Waals surface area contributed by atoms with Gasteiger partial charge in [-0.2, -0.15) is 0 Å². The topological polar surface area (TPSA) is 80.0 Å². The van der Waals surface area contributed by atoms with E-state index in [1.165, 1.54) is 12.3 Å².